The minimum absolute atomic E-state index is 0.0687. The Hall–Kier alpha value is -3.47. The van der Waals surface area contributed by atoms with Crippen LogP contribution in [0, 0.1) is 0 Å². The van der Waals surface area contributed by atoms with Gasteiger partial charge in [0.2, 0.25) is 5.82 Å². The fraction of sp³-hybridized carbons (Fsp3) is 0.360. The SMILES string of the molecule is CC1(C)C2=C(CN1C(=O)N[C@@H]1C[C@H]1c1ccccc1)C(Nc1nc(C(F)(F)F)nc3ccsc13)=NC2. The first-order valence-corrected chi connectivity index (χ1v) is 12.5. The number of urea groups is 1. The first-order chi connectivity index (χ1) is 17.1. The van der Waals surface area contributed by atoms with Gasteiger partial charge in [0.05, 0.1) is 28.8 Å². The van der Waals surface area contributed by atoms with E-state index in [1.54, 1.807) is 10.3 Å². The number of fused-ring (bicyclic) bond motifs is 1. The number of amides is 2. The number of amidine groups is 1. The van der Waals surface area contributed by atoms with Crippen molar-refractivity contribution in [2.24, 2.45) is 4.99 Å². The van der Waals surface area contributed by atoms with Gasteiger partial charge in [0.25, 0.3) is 0 Å². The summed E-state index contributed by atoms with van der Waals surface area (Å²) in [5.41, 5.74) is 2.66. The second kappa shape index (κ2) is 8.02. The van der Waals surface area contributed by atoms with Gasteiger partial charge in [0.1, 0.15) is 5.84 Å². The lowest BCUT2D eigenvalue weighted by molar-refractivity contribution is -0.144. The molecule has 6 rings (SSSR count). The molecule has 2 aliphatic heterocycles. The van der Waals surface area contributed by atoms with E-state index in [1.807, 2.05) is 32.0 Å². The lowest BCUT2D eigenvalue weighted by Crippen LogP contribution is -2.51. The van der Waals surface area contributed by atoms with Crippen molar-refractivity contribution < 1.29 is 18.0 Å². The summed E-state index contributed by atoms with van der Waals surface area (Å²) in [5, 5.41) is 7.86. The number of nitrogens with zero attached hydrogens (tertiary/aromatic N) is 4. The molecule has 3 aliphatic rings. The van der Waals surface area contributed by atoms with Crippen molar-refractivity contribution in [2.45, 2.75) is 43.9 Å². The Kier molecular flexibility index (Phi) is 5.12. The highest BCUT2D eigenvalue weighted by atomic mass is 32.1. The van der Waals surface area contributed by atoms with Gasteiger partial charge in [0.15, 0.2) is 5.82 Å². The van der Waals surface area contributed by atoms with Crippen molar-refractivity contribution in [3.8, 4) is 0 Å². The van der Waals surface area contributed by atoms with Crippen LogP contribution in [0.15, 0.2) is 57.9 Å². The zero-order valence-electron chi connectivity index (χ0n) is 19.6. The van der Waals surface area contributed by atoms with Crippen LogP contribution in [-0.2, 0) is 6.18 Å². The van der Waals surface area contributed by atoms with E-state index in [0.29, 0.717) is 29.5 Å². The molecule has 1 saturated carbocycles. The molecule has 4 heterocycles. The van der Waals surface area contributed by atoms with Crippen LogP contribution >= 0.6 is 11.3 Å². The number of halogens is 3. The first-order valence-electron chi connectivity index (χ1n) is 11.6. The topological polar surface area (TPSA) is 82.5 Å². The zero-order chi connectivity index (χ0) is 25.2. The van der Waals surface area contributed by atoms with Crippen molar-refractivity contribution in [1.29, 1.82) is 0 Å². The highest BCUT2D eigenvalue weighted by molar-refractivity contribution is 7.17. The highest BCUT2D eigenvalue weighted by Crippen LogP contribution is 2.43. The summed E-state index contributed by atoms with van der Waals surface area (Å²) < 4.78 is 40.7. The van der Waals surface area contributed by atoms with Crippen LogP contribution in [0.3, 0.4) is 0 Å². The molecule has 186 valence electrons. The number of carbonyl (C=O) groups excluding carboxylic acids is 1. The maximum atomic E-state index is 13.4. The summed E-state index contributed by atoms with van der Waals surface area (Å²) in [6.45, 7) is 4.63. The molecule has 0 spiro atoms. The molecule has 11 heteroatoms. The number of anilines is 1. The monoisotopic (exact) mass is 512 g/mol. The Morgan fingerprint density at radius 2 is 1.94 bits per heavy atom. The third-order valence-corrected chi connectivity index (χ3v) is 8.05. The predicted molar refractivity (Wildman–Crippen MR) is 132 cm³/mol. The lowest BCUT2D eigenvalue weighted by atomic mass is 9.94. The molecule has 0 saturated heterocycles. The van der Waals surface area contributed by atoms with E-state index in [4.69, 9.17) is 0 Å². The molecular formula is C25H23F3N6OS. The molecule has 2 amide bonds. The lowest BCUT2D eigenvalue weighted by Gasteiger charge is -2.34. The van der Waals surface area contributed by atoms with E-state index >= 15 is 0 Å². The fourth-order valence-corrected chi connectivity index (χ4v) is 5.81. The molecule has 1 aliphatic carbocycles. The standard InChI is InChI=1S/C25H23F3N6OS/c1-24(2)16-11-29-20(32-21-19-17(8-9-36-19)30-22(33-21)25(26,27)28)15(16)12-34(24)23(35)31-18-10-14(18)13-6-4-3-5-7-13/h3-9,14,18H,10-12H2,1-2H3,(H,31,35)(H,29,30,32,33)/t14-,18+/m0/s1. The van der Waals surface area contributed by atoms with Crippen LogP contribution in [0.5, 0.6) is 0 Å². The van der Waals surface area contributed by atoms with Gasteiger partial charge in [-0.05, 0) is 42.9 Å². The van der Waals surface area contributed by atoms with Crippen molar-refractivity contribution in [2.75, 3.05) is 18.4 Å². The number of benzene rings is 1. The maximum absolute atomic E-state index is 13.4. The van der Waals surface area contributed by atoms with E-state index in [2.05, 4.69) is 37.7 Å². The summed E-state index contributed by atoms with van der Waals surface area (Å²) in [7, 11) is 0. The molecular weight excluding hydrogens is 489 g/mol. The molecule has 0 unspecified atom stereocenters. The number of thiophene rings is 1. The van der Waals surface area contributed by atoms with E-state index in [1.165, 1.54) is 23.0 Å². The number of aliphatic imine (C=N–C) groups is 1. The van der Waals surface area contributed by atoms with E-state index in [9.17, 15) is 18.0 Å². The van der Waals surface area contributed by atoms with Crippen LogP contribution in [0.2, 0.25) is 0 Å². The maximum Gasteiger partial charge on any atom is 0.451 e. The average molecular weight is 513 g/mol. The predicted octanol–water partition coefficient (Wildman–Crippen LogP) is 5.19. The Balaban J connectivity index is 1.20. The molecule has 2 atom stereocenters. The summed E-state index contributed by atoms with van der Waals surface area (Å²) in [6.07, 6.45) is -3.77. The molecule has 3 aromatic rings. The van der Waals surface area contributed by atoms with Crippen LogP contribution in [-0.4, -0.2) is 51.4 Å². The number of hydrogen-bond donors (Lipinski definition) is 2. The molecule has 0 radical (unpaired) electrons. The second-order valence-electron chi connectivity index (χ2n) is 9.73. The molecule has 36 heavy (non-hydrogen) atoms. The highest BCUT2D eigenvalue weighted by Gasteiger charge is 2.48. The largest absolute Gasteiger partial charge is 0.451 e. The molecule has 1 fully saturated rings. The summed E-state index contributed by atoms with van der Waals surface area (Å²) in [4.78, 5) is 27.0. The third kappa shape index (κ3) is 3.82. The average Bonchev–Trinajstić information content (AvgIpc) is 3.15. The zero-order valence-corrected chi connectivity index (χ0v) is 20.4. The molecule has 2 aromatic heterocycles. The van der Waals surface area contributed by atoms with Crippen LogP contribution < -0.4 is 10.6 Å². The molecule has 2 N–H and O–H groups in total. The van der Waals surface area contributed by atoms with Crippen molar-refractivity contribution in [1.82, 2.24) is 20.2 Å². The van der Waals surface area contributed by atoms with E-state index < -0.39 is 17.5 Å². The van der Waals surface area contributed by atoms with Gasteiger partial charge in [-0.1, -0.05) is 30.3 Å². The van der Waals surface area contributed by atoms with Gasteiger partial charge < -0.3 is 15.5 Å². The Morgan fingerprint density at radius 3 is 2.69 bits per heavy atom. The first kappa shape index (κ1) is 23.0. The van der Waals surface area contributed by atoms with Gasteiger partial charge in [-0.2, -0.15) is 13.2 Å². The third-order valence-electron chi connectivity index (χ3n) is 7.14. The van der Waals surface area contributed by atoms with Crippen LogP contribution in [0.1, 0.15) is 37.6 Å². The quantitative estimate of drug-likeness (QED) is 0.506. The Morgan fingerprint density at radius 1 is 1.17 bits per heavy atom. The number of aromatic nitrogens is 2. The van der Waals surface area contributed by atoms with Crippen molar-refractivity contribution in [3.05, 3.63) is 64.3 Å². The second-order valence-corrected chi connectivity index (χ2v) is 10.6. The van der Waals surface area contributed by atoms with Crippen molar-refractivity contribution >= 4 is 39.2 Å². The molecule has 1 aromatic carbocycles. The molecule has 7 nitrogen and oxygen atoms in total. The number of carbonyl (C=O) groups is 1. The molecule has 0 bridgehead atoms. The van der Waals surface area contributed by atoms with Crippen molar-refractivity contribution in [3.63, 3.8) is 0 Å². The number of hydrogen-bond acceptors (Lipinski definition) is 6. The van der Waals surface area contributed by atoms with Gasteiger partial charge in [-0.15, -0.1) is 11.3 Å². The van der Waals surface area contributed by atoms with Crippen LogP contribution in [0.4, 0.5) is 23.8 Å². The summed E-state index contributed by atoms with van der Waals surface area (Å²) in [6, 6.07) is 11.6. The normalized spacial score (nSPS) is 22.6. The van der Waals surface area contributed by atoms with Gasteiger partial charge in [0, 0.05) is 17.5 Å². The van der Waals surface area contributed by atoms with E-state index in [-0.39, 0.29) is 23.4 Å². The number of rotatable bonds is 3. The fourth-order valence-electron chi connectivity index (χ4n) is 5.03. The minimum atomic E-state index is -4.67. The van der Waals surface area contributed by atoms with Gasteiger partial charge in [-0.25, -0.2) is 14.8 Å². The smallest absolute Gasteiger partial charge is 0.335 e. The minimum Gasteiger partial charge on any atom is -0.335 e. The number of nitrogens with one attached hydrogen (secondary N) is 2. The Labute approximate surface area is 209 Å². The summed E-state index contributed by atoms with van der Waals surface area (Å²) in [5.74, 6) is -0.371. The van der Waals surface area contributed by atoms with E-state index in [0.717, 1.165) is 17.6 Å². The number of alkyl halides is 3. The summed E-state index contributed by atoms with van der Waals surface area (Å²) >= 11 is 1.26. The van der Waals surface area contributed by atoms with Gasteiger partial charge >= 0.3 is 12.2 Å². The van der Waals surface area contributed by atoms with Gasteiger partial charge in [-0.3, -0.25) is 4.99 Å². The van der Waals surface area contributed by atoms with Crippen LogP contribution in [0.25, 0.3) is 10.2 Å². The Bertz CT molecular complexity index is 1430.